The molecule has 4 rings (SSSR count). The molecule has 8 heteroatoms. The highest BCUT2D eigenvalue weighted by Crippen LogP contribution is 2.38. The first-order valence-corrected chi connectivity index (χ1v) is 8.78. The molecule has 0 saturated carbocycles. The lowest BCUT2D eigenvalue weighted by Crippen LogP contribution is -2.38. The molecule has 1 aliphatic carbocycles. The lowest BCUT2D eigenvalue weighted by atomic mass is 9.90. The summed E-state index contributed by atoms with van der Waals surface area (Å²) in [6, 6.07) is 10.9. The van der Waals surface area contributed by atoms with Crippen molar-refractivity contribution in [2.75, 3.05) is 6.54 Å². The van der Waals surface area contributed by atoms with E-state index in [1.165, 1.54) is 12.1 Å². The molecule has 2 aliphatic rings. The van der Waals surface area contributed by atoms with Crippen molar-refractivity contribution in [2.45, 2.75) is 31.2 Å². The first-order valence-electron chi connectivity index (χ1n) is 8.78. The molecule has 0 aromatic heterocycles. The molecule has 0 saturated heterocycles. The van der Waals surface area contributed by atoms with Crippen molar-refractivity contribution in [2.24, 2.45) is 0 Å². The van der Waals surface area contributed by atoms with Crippen LogP contribution in [0.5, 0.6) is 5.75 Å². The van der Waals surface area contributed by atoms with Gasteiger partial charge in [-0.15, -0.1) is 13.2 Å². The molecule has 28 heavy (non-hydrogen) atoms. The van der Waals surface area contributed by atoms with Gasteiger partial charge in [-0.3, -0.25) is 9.59 Å². The highest BCUT2D eigenvalue weighted by Gasteiger charge is 2.35. The molecular weight excluding hydrogens is 375 g/mol. The number of benzene rings is 2. The van der Waals surface area contributed by atoms with E-state index in [-0.39, 0.29) is 18.2 Å². The molecule has 1 amide bonds. The lowest BCUT2D eigenvalue weighted by Gasteiger charge is -2.25. The molecule has 2 aromatic carbocycles. The van der Waals surface area contributed by atoms with Gasteiger partial charge in [0, 0.05) is 12.1 Å². The van der Waals surface area contributed by atoms with Crippen LogP contribution >= 0.6 is 0 Å². The fourth-order valence-corrected chi connectivity index (χ4v) is 3.70. The van der Waals surface area contributed by atoms with Crippen LogP contribution in [-0.2, 0) is 16.0 Å². The largest absolute Gasteiger partial charge is 0.573 e. The van der Waals surface area contributed by atoms with Gasteiger partial charge < -0.3 is 14.8 Å². The number of hydrogen-bond donors (Lipinski definition) is 1. The van der Waals surface area contributed by atoms with Crippen LogP contribution in [0.4, 0.5) is 13.2 Å². The standard InChI is InChI=1S/C20H16F3NO4/c21-20(22,23)28-12-7-5-11-6-8-17(15(11)9-12)27-19(26)16-10-24-18(25)14-4-2-1-3-13(14)16/h1-5,7,9,16-17H,6,8,10H2,(H,24,25). The summed E-state index contributed by atoms with van der Waals surface area (Å²) in [5, 5.41) is 2.66. The van der Waals surface area contributed by atoms with Crippen LogP contribution in [0.15, 0.2) is 42.5 Å². The number of nitrogens with one attached hydrogen (secondary N) is 1. The minimum Gasteiger partial charge on any atom is -0.457 e. The van der Waals surface area contributed by atoms with E-state index in [0.717, 1.165) is 5.56 Å². The smallest absolute Gasteiger partial charge is 0.457 e. The Morgan fingerprint density at radius 3 is 2.68 bits per heavy atom. The number of hydrogen-bond acceptors (Lipinski definition) is 4. The van der Waals surface area contributed by atoms with E-state index >= 15 is 0 Å². The Labute approximate surface area is 158 Å². The summed E-state index contributed by atoms with van der Waals surface area (Å²) in [6.45, 7) is 0.117. The third kappa shape index (κ3) is 3.54. The van der Waals surface area contributed by atoms with Crippen LogP contribution in [0.1, 0.15) is 45.5 Å². The molecule has 0 spiro atoms. The van der Waals surface area contributed by atoms with Crippen LogP contribution < -0.4 is 10.1 Å². The molecule has 2 atom stereocenters. The highest BCUT2D eigenvalue weighted by atomic mass is 19.4. The molecule has 2 unspecified atom stereocenters. The molecule has 146 valence electrons. The maximum atomic E-state index is 12.8. The van der Waals surface area contributed by atoms with E-state index in [1.54, 1.807) is 30.3 Å². The second kappa shape index (κ2) is 6.85. The van der Waals surface area contributed by atoms with Gasteiger partial charge in [-0.2, -0.15) is 0 Å². The summed E-state index contributed by atoms with van der Waals surface area (Å²) in [6.07, 6.45) is -4.36. The Morgan fingerprint density at radius 1 is 1.11 bits per heavy atom. The third-order valence-electron chi connectivity index (χ3n) is 4.96. The first-order chi connectivity index (χ1) is 13.3. The van der Waals surface area contributed by atoms with Crippen molar-refractivity contribution in [1.29, 1.82) is 0 Å². The Bertz CT molecular complexity index is 941. The van der Waals surface area contributed by atoms with Crippen molar-refractivity contribution in [3.8, 4) is 5.75 Å². The van der Waals surface area contributed by atoms with Crippen molar-refractivity contribution in [1.82, 2.24) is 5.32 Å². The number of carbonyl (C=O) groups is 2. The second-order valence-electron chi connectivity index (χ2n) is 6.72. The zero-order valence-electron chi connectivity index (χ0n) is 14.6. The Morgan fingerprint density at radius 2 is 1.89 bits per heavy atom. The Kier molecular flexibility index (Phi) is 4.49. The van der Waals surface area contributed by atoms with E-state index < -0.39 is 24.4 Å². The van der Waals surface area contributed by atoms with Gasteiger partial charge in [0.05, 0.1) is 5.92 Å². The van der Waals surface area contributed by atoms with Gasteiger partial charge >= 0.3 is 12.3 Å². The monoisotopic (exact) mass is 391 g/mol. The molecule has 1 N–H and O–H groups in total. The van der Waals surface area contributed by atoms with Crippen LogP contribution in [0, 0.1) is 0 Å². The van der Waals surface area contributed by atoms with Crippen molar-refractivity contribution in [3.63, 3.8) is 0 Å². The van der Waals surface area contributed by atoms with Crippen LogP contribution in [0.3, 0.4) is 0 Å². The Balaban J connectivity index is 1.54. The number of carbonyl (C=O) groups excluding carboxylic acids is 2. The molecule has 1 aliphatic heterocycles. The fraction of sp³-hybridized carbons (Fsp3) is 0.300. The minimum absolute atomic E-state index is 0.117. The maximum absolute atomic E-state index is 12.8. The maximum Gasteiger partial charge on any atom is 0.573 e. The molecule has 5 nitrogen and oxygen atoms in total. The number of halogens is 3. The molecule has 0 bridgehead atoms. The van der Waals surface area contributed by atoms with E-state index in [0.29, 0.717) is 29.5 Å². The van der Waals surface area contributed by atoms with Crippen molar-refractivity contribution in [3.05, 3.63) is 64.7 Å². The van der Waals surface area contributed by atoms with Crippen LogP contribution in [0.25, 0.3) is 0 Å². The number of ether oxygens (including phenoxy) is 2. The van der Waals surface area contributed by atoms with Crippen molar-refractivity contribution < 1.29 is 32.2 Å². The summed E-state index contributed by atoms with van der Waals surface area (Å²) in [5.41, 5.74) is 2.35. The first kappa shape index (κ1) is 18.3. The predicted octanol–water partition coefficient (Wildman–Crippen LogP) is 3.64. The third-order valence-corrected chi connectivity index (χ3v) is 4.96. The summed E-state index contributed by atoms with van der Waals surface area (Å²) in [4.78, 5) is 24.7. The lowest BCUT2D eigenvalue weighted by molar-refractivity contribution is -0.274. The molecular formula is C20H16F3NO4. The number of alkyl halides is 3. The number of aryl methyl sites for hydroxylation is 1. The molecule has 2 aromatic rings. The number of esters is 1. The molecule has 1 heterocycles. The number of amides is 1. The van der Waals surface area contributed by atoms with Gasteiger partial charge in [-0.25, -0.2) is 0 Å². The molecule has 0 fully saturated rings. The highest BCUT2D eigenvalue weighted by molar-refractivity contribution is 5.99. The Hall–Kier alpha value is -3.03. The van der Waals surface area contributed by atoms with E-state index in [4.69, 9.17) is 4.74 Å². The van der Waals surface area contributed by atoms with Gasteiger partial charge in [0.2, 0.25) is 0 Å². The number of fused-ring (bicyclic) bond motifs is 2. The normalized spacial score (nSPS) is 20.8. The topological polar surface area (TPSA) is 64.6 Å². The van der Waals surface area contributed by atoms with Gasteiger partial charge in [0.15, 0.2) is 0 Å². The van der Waals surface area contributed by atoms with Gasteiger partial charge in [-0.1, -0.05) is 24.3 Å². The van der Waals surface area contributed by atoms with E-state index in [1.807, 2.05) is 0 Å². The average molecular weight is 391 g/mol. The zero-order chi connectivity index (χ0) is 19.9. The predicted molar refractivity (Wildman–Crippen MR) is 91.8 cm³/mol. The average Bonchev–Trinajstić information content (AvgIpc) is 3.03. The quantitative estimate of drug-likeness (QED) is 0.812. The molecule has 0 radical (unpaired) electrons. The summed E-state index contributed by atoms with van der Waals surface area (Å²) >= 11 is 0. The van der Waals surface area contributed by atoms with Crippen LogP contribution in [-0.4, -0.2) is 24.8 Å². The van der Waals surface area contributed by atoms with Gasteiger partial charge in [0.25, 0.3) is 5.91 Å². The van der Waals surface area contributed by atoms with Crippen molar-refractivity contribution >= 4 is 11.9 Å². The number of rotatable bonds is 3. The SMILES string of the molecule is O=C1NCC(C(=O)OC2CCc3ccc(OC(F)(F)F)cc32)c2ccccc21. The fourth-order valence-electron chi connectivity index (χ4n) is 3.70. The minimum atomic E-state index is -4.79. The zero-order valence-corrected chi connectivity index (χ0v) is 14.6. The van der Waals surface area contributed by atoms with Crippen LogP contribution in [0.2, 0.25) is 0 Å². The summed E-state index contributed by atoms with van der Waals surface area (Å²) < 4.78 is 47.0. The van der Waals surface area contributed by atoms with Gasteiger partial charge in [-0.05, 0) is 47.7 Å². The second-order valence-corrected chi connectivity index (χ2v) is 6.72. The summed E-state index contributed by atoms with van der Waals surface area (Å²) in [5.74, 6) is -1.77. The van der Waals surface area contributed by atoms with E-state index in [2.05, 4.69) is 10.1 Å². The summed E-state index contributed by atoms with van der Waals surface area (Å²) in [7, 11) is 0. The van der Waals surface area contributed by atoms with Gasteiger partial charge in [0.1, 0.15) is 11.9 Å². The van der Waals surface area contributed by atoms with E-state index in [9.17, 15) is 22.8 Å².